The van der Waals surface area contributed by atoms with Gasteiger partial charge >= 0.3 is 0 Å². The molecule has 0 bridgehead atoms. The van der Waals surface area contributed by atoms with Crippen LogP contribution in [0.4, 0.5) is 4.39 Å². The average Bonchev–Trinajstić information content (AvgIpc) is 2.42. The molecule has 1 fully saturated rings. The van der Waals surface area contributed by atoms with Gasteiger partial charge in [-0.05, 0) is 44.9 Å². The topological polar surface area (TPSA) is 41.1 Å². The lowest BCUT2D eigenvalue weighted by Gasteiger charge is -2.28. The van der Waals surface area contributed by atoms with Gasteiger partial charge in [0.05, 0.1) is 10.6 Å². The molecule has 1 amide bonds. The molecule has 5 heteroatoms. The van der Waals surface area contributed by atoms with Gasteiger partial charge in [-0.15, -0.1) is 0 Å². The summed E-state index contributed by atoms with van der Waals surface area (Å²) >= 11 is 5.68. The monoisotopic (exact) mass is 284 g/mol. The van der Waals surface area contributed by atoms with Gasteiger partial charge in [0.25, 0.3) is 5.91 Å². The number of hydrogen-bond acceptors (Lipinski definition) is 2. The molecular weight excluding hydrogens is 267 g/mol. The van der Waals surface area contributed by atoms with Crippen LogP contribution in [0.1, 0.15) is 36.0 Å². The Morgan fingerprint density at radius 1 is 1.26 bits per heavy atom. The number of benzene rings is 1. The smallest absolute Gasteiger partial charge is 0.254 e. The number of carbonyl (C=O) groups excluding carboxylic acids is 1. The van der Waals surface area contributed by atoms with E-state index in [1.165, 1.54) is 12.1 Å². The normalized spacial score (nSPS) is 23.1. The SMILES string of the molecule is CNC1CCC(NC(=O)c2cccc(Cl)c2F)CC1. The molecule has 19 heavy (non-hydrogen) atoms. The standard InChI is InChI=1S/C14H18ClFN2O/c1-17-9-5-7-10(8-6-9)18-14(19)11-3-2-4-12(15)13(11)16/h2-4,9-10,17H,5-8H2,1H3,(H,18,19). The van der Waals surface area contributed by atoms with Crippen LogP contribution in [0.25, 0.3) is 0 Å². The molecule has 1 aliphatic carbocycles. The summed E-state index contributed by atoms with van der Waals surface area (Å²) in [5, 5.41) is 6.10. The van der Waals surface area contributed by atoms with E-state index >= 15 is 0 Å². The summed E-state index contributed by atoms with van der Waals surface area (Å²) in [6.07, 6.45) is 3.89. The molecule has 0 unspecified atom stereocenters. The van der Waals surface area contributed by atoms with Crippen LogP contribution in [0.15, 0.2) is 18.2 Å². The van der Waals surface area contributed by atoms with Crippen molar-refractivity contribution in [3.63, 3.8) is 0 Å². The van der Waals surface area contributed by atoms with Crippen LogP contribution in [0, 0.1) is 5.82 Å². The van der Waals surface area contributed by atoms with E-state index in [4.69, 9.17) is 11.6 Å². The molecule has 2 N–H and O–H groups in total. The Labute approximate surface area is 117 Å². The average molecular weight is 285 g/mol. The minimum absolute atomic E-state index is 0.0169. The fourth-order valence-corrected chi connectivity index (χ4v) is 2.64. The largest absolute Gasteiger partial charge is 0.349 e. The Bertz CT molecular complexity index is 459. The maximum Gasteiger partial charge on any atom is 0.254 e. The molecule has 1 aromatic rings. The van der Waals surface area contributed by atoms with Crippen LogP contribution in [0.5, 0.6) is 0 Å². The van der Waals surface area contributed by atoms with Crippen molar-refractivity contribution in [3.05, 3.63) is 34.6 Å². The fraction of sp³-hybridized carbons (Fsp3) is 0.500. The van der Waals surface area contributed by atoms with Crippen molar-refractivity contribution in [1.29, 1.82) is 0 Å². The van der Waals surface area contributed by atoms with Crippen molar-refractivity contribution in [2.75, 3.05) is 7.05 Å². The van der Waals surface area contributed by atoms with Crippen LogP contribution >= 0.6 is 11.6 Å². The van der Waals surface area contributed by atoms with Gasteiger partial charge in [0.1, 0.15) is 0 Å². The summed E-state index contributed by atoms with van der Waals surface area (Å²) in [5.74, 6) is -1.03. The maximum absolute atomic E-state index is 13.7. The second kappa shape index (κ2) is 6.35. The molecule has 0 radical (unpaired) electrons. The quantitative estimate of drug-likeness (QED) is 0.896. The van der Waals surface area contributed by atoms with Gasteiger partial charge in [0, 0.05) is 12.1 Å². The summed E-state index contributed by atoms with van der Waals surface area (Å²) < 4.78 is 13.7. The van der Waals surface area contributed by atoms with Crippen molar-refractivity contribution in [1.82, 2.24) is 10.6 Å². The van der Waals surface area contributed by atoms with Crippen molar-refractivity contribution in [3.8, 4) is 0 Å². The number of hydrogen-bond donors (Lipinski definition) is 2. The van der Waals surface area contributed by atoms with E-state index in [1.54, 1.807) is 6.07 Å². The second-order valence-corrected chi connectivity index (χ2v) is 5.32. The van der Waals surface area contributed by atoms with E-state index in [0.717, 1.165) is 25.7 Å². The van der Waals surface area contributed by atoms with Crippen molar-refractivity contribution >= 4 is 17.5 Å². The second-order valence-electron chi connectivity index (χ2n) is 4.91. The van der Waals surface area contributed by atoms with Crippen LogP contribution in [0.3, 0.4) is 0 Å². The molecule has 0 aromatic heterocycles. The molecule has 2 rings (SSSR count). The van der Waals surface area contributed by atoms with Gasteiger partial charge in [-0.2, -0.15) is 0 Å². The third kappa shape index (κ3) is 3.45. The van der Waals surface area contributed by atoms with Gasteiger partial charge in [0.15, 0.2) is 5.82 Å². The molecule has 0 aliphatic heterocycles. The van der Waals surface area contributed by atoms with Gasteiger partial charge in [0.2, 0.25) is 0 Å². The highest BCUT2D eigenvalue weighted by molar-refractivity contribution is 6.31. The Hall–Kier alpha value is -1.13. The number of carbonyl (C=O) groups is 1. The number of halogens is 2. The van der Waals surface area contributed by atoms with E-state index in [1.807, 2.05) is 7.05 Å². The Kier molecular flexibility index (Phi) is 4.77. The van der Waals surface area contributed by atoms with Gasteiger partial charge < -0.3 is 10.6 Å². The summed E-state index contributed by atoms with van der Waals surface area (Å²) in [4.78, 5) is 12.0. The minimum atomic E-state index is -0.648. The predicted molar refractivity (Wildman–Crippen MR) is 74.0 cm³/mol. The fourth-order valence-electron chi connectivity index (χ4n) is 2.47. The van der Waals surface area contributed by atoms with E-state index in [2.05, 4.69) is 10.6 Å². The first-order valence-corrected chi connectivity index (χ1v) is 6.91. The zero-order chi connectivity index (χ0) is 13.8. The minimum Gasteiger partial charge on any atom is -0.349 e. The first-order chi connectivity index (χ1) is 9.11. The summed E-state index contributed by atoms with van der Waals surface area (Å²) in [7, 11) is 1.95. The predicted octanol–water partition coefficient (Wildman–Crippen LogP) is 2.74. The Balaban J connectivity index is 1.96. The summed E-state index contributed by atoms with van der Waals surface area (Å²) in [6.45, 7) is 0. The Morgan fingerprint density at radius 3 is 2.53 bits per heavy atom. The Morgan fingerprint density at radius 2 is 1.89 bits per heavy atom. The van der Waals surface area contributed by atoms with E-state index in [-0.39, 0.29) is 22.5 Å². The molecule has 1 aromatic carbocycles. The van der Waals surface area contributed by atoms with Crippen molar-refractivity contribution in [2.45, 2.75) is 37.8 Å². The van der Waals surface area contributed by atoms with Crippen LogP contribution in [-0.4, -0.2) is 25.0 Å². The number of amides is 1. The van der Waals surface area contributed by atoms with E-state index in [9.17, 15) is 9.18 Å². The maximum atomic E-state index is 13.7. The molecule has 104 valence electrons. The molecular formula is C14H18ClFN2O. The third-order valence-electron chi connectivity index (χ3n) is 3.67. The number of rotatable bonds is 3. The van der Waals surface area contributed by atoms with E-state index in [0.29, 0.717) is 6.04 Å². The van der Waals surface area contributed by atoms with Crippen LogP contribution < -0.4 is 10.6 Å². The van der Waals surface area contributed by atoms with Crippen LogP contribution in [0.2, 0.25) is 5.02 Å². The highest BCUT2D eigenvalue weighted by atomic mass is 35.5. The lowest BCUT2D eigenvalue weighted by molar-refractivity contribution is 0.0920. The molecule has 0 spiro atoms. The van der Waals surface area contributed by atoms with Gasteiger partial charge in [-0.3, -0.25) is 4.79 Å². The zero-order valence-electron chi connectivity index (χ0n) is 10.9. The first-order valence-electron chi connectivity index (χ1n) is 6.54. The van der Waals surface area contributed by atoms with Gasteiger partial charge in [-0.1, -0.05) is 17.7 Å². The first kappa shape index (κ1) is 14.3. The lowest BCUT2D eigenvalue weighted by Crippen LogP contribution is -2.41. The highest BCUT2D eigenvalue weighted by Gasteiger charge is 2.23. The molecule has 1 aliphatic rings. The van der Waals surface area contributed by atoms with Gasteiger partial charge in [-0.25, -0.2) is 4.39 Å². The lowest BCUT2D eigenvalue weighted by atomic mass is 9.91. The highest BCUT2D eigenvalue weighted by Crippen LogP contribution is 2.21. The van der Waals surface area contributed by atoms with E-state index < -0.39 is 5.82 Å². The molecule has 0 heterocycles. The zero-order valence-corrected chi connectivity index (χ0v) is 11.6. The molecule has 1 saturated carbocycles. The van der Waals surface area contributed by atoms with Crippen molar-refractivity contribution in [2.24, 2.45) is 0 Å². The van der Waals surface area contributed by atoms with Crippen LogP contribution in [-0.2, 0) is 0 Å². The summed E-state index contributed by atoms with van der Waals surface area (Å²) in [6, 6.07) is 5.12. The van der Waals surface area contributed by atoms with Crippen molar-refractivity contribution < 1.29 is 9.18 Å². The third-order valence-corrected chi connectivity index (χ3v) is 3.96. The summed E-state index contributed by atoms with van der Waals surface area (Å²) in [5.41, 5.74) is 0.0169. The number of nitrogens with one attached hydrogen (secondary N) is 2. The molecule has 0 atom stereocenters. The molecule has 0 saturated heterocycles. The molecule has 3 nitrogen and oxygen atoms in total.